The molecule has 1 atom stereocenters. The Labute approximate surface area is 128 Å². The molecule has 116 valence electrons. The summed E-state index contributed by atoms with van der Waals surface area (Å²) >= 11 is 0. The highest BCUT2D eigenvalue weighted by Crippen LogP contribution is 2.27. The van der Waals surface area contributed by atoms with Crippen molar-refractivity contribution in [1.29, 1.82) is 0 Å². The fourth-order valence-electron chi connectivity index (χ4n) is 2.54. The largest absolute Gasteiger partial charge is 0.384 e. The lowest BCUT2D eigenvalue weighted by atomic mass is 10.1. The van der Waals surface area contributed by atoms with E-state index in [4.69, 9.17) is 9.26 Å². The van der Waals surface area contributed by atoms with Gasteiger partial charge in [-0.05, 0) is 18.6 Å². The molecular weight excluding hydrogens is 284 g/mol. The van der Waals surface area contributed by atoms with Crippen LogP contribution < -0.4 is 0 Å². The normalized spacial score (nSPS) is 17.9. The van der Waals surface area contributed by atoms with Gasteiger partial charge in [-0.25, -0.2) is 0 Å². The molecule has 3 rings (SSSR count). The lowest BCUT2D eigenvalue weighted by Crippen LogP contribution is -2.29. The van der Waals surface area contributed by atoms with Gasteiger partial charge in [0.1, 0.15) is 5.69 Å². The molecule has 1 fully saturated rings. The molecule has 0 aliphatic carbocycles. The first-order chi connectivity index (χ1) is 10.8. The fourth-order valence-corrected chi connectivity index (χ4v) is 2.54. The lowest BCUT2D eigenvalue weighted by Gasteiger charge is -2.15. The molecule has 0 unspecified atom stereocenters. The molecule has 1 amide bonds. The molecule has 0 bridgehead atoms. The van der Waals surface area contributed by atoms with Gasteiger partial charge in [0.2, 0.25) is 17.6 Å². The van der Waals surface area contributed by atoms with Gasteiger partial charge in [-0.2, -0.15) is 4.98 Å². The Morgan fingerprint density at radius 3 is 3.18 bits per heavy atom. The monoisotopic (exact) mass is 302 g/mol. The number of likely N-dealkylation sites (tertiary alicyclic amines) is 1. The summed E-state index contributed by atoms with van der Waals surface area (Å²) in [7, 11) is 1.59. The highest BCUT2D eigenvalue weighted by molar-refractivity contribution is 5.76. The number of aromatic nitrogens is 3. The van der Waals surface area contributed by atoms with Gasteiger partial charge in [0.15, 0.2) is 0 Å². The van der Waals surface area contributed by atoms with E-state index in [1.165, 1.54) is 0 Å². The Balaban J connectivity index is 1.64. The second-order valence-corrected chi connectivity index (χ2v) is 5.24. The summed E-state index contributed by atoms with van der Waals surface area (Å²) in [6, 6.07) is 5.55. The summed E-state index contributed by atoms with van der Waals surface area (Å²) in [5.74, 6) is 1.26. The molecule has 1 aliphatic rings. The van der Waals surface area contributed by atoms with Gasteiger partial charge in [-0.3, -0.25) is 9.78 Å². The van der Waals surface area contributed by atoms with Crippen LogP contribution in [0.5, 0.6) is 0 Å². The van der Waals surface area contributed by atoms with E-state index in [9.17, 15) is 4.79 Å². The number of nitrogens with zero attached hydrogens (tertiary/aromatic N) is 4. The van der Waals surface area contributed by atoms with Gasteiger partial charge in [-0.1, -0.05) is 11.2 Å². The zero-order chi connectivity index (χ0) is 15.4. The van der Waals surface area contributed by atoms with Crippen LogP contribution in [-0.2, 0) is 9.53 Å². The number of carbonyl (C=O) groups excluding carboxylic acids is 1. The van der Waals surface area contributed by atoms with Crippen molar-refractivity contribution in [3.63, 3.8) is 0 Å². The van der Waals surface area contributed by atoms with Gasteiger partial charge >= 0.3 is 0 Å². The van der Waals surface area contributed by atoms with Crippen molar-refractivity contribution in [3.05, 3.63) is 30.3 Å². The molecule has 0 aromatic carbocycles. The predicted molar refractivity (Wildman–Crippen MR) is 78.0 cm³/mol. The molecule has 0 spiro atoms. The average molecular weight is 302 g/mol. The summed E-state index contributed by atoms with van der Waals surface area (Å²) in [4.78, 5) is 22.4. The molecule has 2 aromatic rings. The first-order valence-electron chi connectivity index (χ1n) is 7.29. The third kappa shape index (κ3) is 3.14. The summed E-state index contributed by atoms with van der Waals surface area (Å²) in [6.45, 7) is 1.78. The maximum Gasteiger partial charge on any atom is 0.231 e. The maximum atomic E-state index is 12.0. The van der Waals surface area contributed by atoms with Crippen molar-refractivity contribution in [2.24, 2.45) is 0 Å². The van der Waals surface area contributed by atoms with Crippen LogP contribution >= 0.6 is 0 Å². The first-order valence-corrected chi connectivity index (χ1v) is 7.29. The summed E-state index contributed by atoms with van der Waals surface area (Å²) in [5.41, 5.74) is 0.684. The van der Waals surface area contributed by atoms with Crippen LogP contribution in [0.1, 0.15) is 24.7 Å². The van der Waals surface area contributed by atoms with Crippen molar-refractivity contribution in [2.75, 3.05) is 26.8 Å². The topological polar surface area (TPSA) is 81.4 Å². The minimum atomic E-state index is 0.0939. The fraction of sp³-hybridized carbons (Fsp3) is 0.467. The minimum absolute atomic E-state index is 0.0939. The Morgan fingerprint density at radius 1 is 1.50 bits per heavy atom. The summed E-state index contributed by atoms with van der Waals surface area (Å²) in [6.07, 6.45) is 2.94. The minimum Gasteiger partial charge on any atom is -0.384 e. The van der Waals surface area contributed by atoms with Crippen molar-refractivity contribution in [2.45, 2.75) is 18.8 Å². The number of hydrogen-bond donors (Lipinski definition) is 0. The van der Waals surface area contributed by atoms with E-state index in [1.54, 1.807) is 13.3 Å². The first kappa shape index (κ1) is 14.6. The lowest BCUT2D eigenvalue weighted by molar-refractivity contribution is -0.131. The van der Waals surface area contributed by atoms with Gasteiger partial charge in [0.05, 0.1) is 18.9 Å². The van der Waals surface area contributed by atoms with Crippen LogP contribution in [0.25, 0.3) is 11.5 Å². The van der Waals surface area contributed by atoms with Crippen molar-refractivity contribution < 1.29 is 14.1 Å². The Bertz CT molecular complexity index is 629. The van der Waals surface area contributed by atoms with Crippen molar-refractivity contribution >= 4 is 5.91 Å². The number of pyridine rings is 1. The number of ether oxygens (including phenoxy) is 1. The zero-order valence-corrected chi connectivity index (χ0v) is 12.4. The molecule has 7 heteroatoms. The third-order valence-electron chi connectivity index (χ3n) is 3.75. The smallest absolute Gasteiger partial charge is 0.231 e. The number of carbonyl (C=O) groups is 1. The van der Waals surface area contributed by atoms with E-state index < -0.39 is 0 Å². The van der Waals surface area contributed by atoms with Crippen LogP contribution in [0, 0.1) is 0 Å². The van der Waals surface area contributed by atoms with Crippen LogP contribution in [0.2, 0.25) is 0 Å². The van der Waals surface area contributed by atoms with Crippen molar-refractivity contribution in [1.82, 2.24) is 20.0 Å². The van der Waals surface area contributed by atoms with Crippen molar-refractivity contribution in [3.8, 4) is 11.5 Å². The molecule has 3 heterocycles. The molecule has 1 aliphatic heterocycles. The Kier molecular flexibility index (Phi) is 4.43. The Hall–Kier alpha value is -2.28. The van der Waals surface area contributed by atoms with Crippen LogP contribution in [0.4, 0.5) is 0 Å². The Morgan fingerprint density at radius 2 is 2.41 bits per heavy atom. The number of rotatable bonds is 5. The third-order valence-corrected chi connectivity index (χ3v) is 3.75. The molecule has 7 nitrogen and oxygen atoms in total. The molecule has 1 saturated heterocycles. The van der Waals surface area contributed by atoms with Crippen LogP contribution in [0.3, 0.4) is 0 Å². The van der Waals surface area contributed by atoms with E-state index >= 15 is 0 Å². The number of hydrogen-bond acceptors (Lipinski definition) is 6. The van der Waals surface area contributed by atoms with Gasteiger partial charge in [0.25, 0.3) is 0 Å². The van der Waals surface area contributed by atoms with Crippen LogP contribution in [-0.4, -0.2) is 52.7 Å². The molecule has 0 saturated carbocycles. The van der Waals surface area contributed by atoms with Gasteiger partial charge in [0, 0.05) is 26.4 Å². The van der Waals surface area contributed by atoms with Gasteiger partial charge < -0.3 is 14.2 Å². The molecule has 0 N–H and O–H groups in total. The second kappa shape index (κ2) is 6.65. The number of amides is 1. The highest BCUT2D eigenvalue weighted by Gasteiger charge is 2.31. The number of methoxy groups -OCH3 is 1. The zero-order valence-electron chi connectivity index (χ0n) is 12.4. The summed E-state index contributed by atoms with van der Waals surface area (Å²) in [5, 5.41) is 3.98. The standard InChI is InChI=1S/C15H18N4O3/c1-21-9-6-13(20)19-8-5-11(10-19)15-17-14(18-22-15)12-4-2-3-7-16-12/h2-4,7,11H,5-6,8-10H2,1H3/t11-/m1/s1. The molecular formula is C15H18N4O3. The van der Waals surface area contributed by atoms with E-state index in [0.29, 0.717) is 43.5 Å². The average Bonchev–Trinajstić information content (AvgIpc) is 3.22. The predicted octanol–water partition coefficient (Wildman–Crippen LogP) is 1.48. The van der Waals surface area contributed by atoms with E-state index in [2.05, 4.69) is 15.1 Å². The molecule has 2 aromatic heterocycles. The molecule has 0 radical (unpaired) electrons. The van der Waals surface area contributed by atoms with Crippen LogP contribution in [0.15, 0.2) is 28.9 Å². The quantitative estimate of drug-likeness (QED) is 0.832. The highest BCUT2D eigenvalue weighted by atomic mass is 16.5. The maximum absolute atomic E-state index is 12.0. The van der Waals surface area contributed by atoms with E-state index in [1.807, 2.05) is 23.1 Å². The van der Waals surface area contributed by atoms with E-state index in [0.717, 1.165) is 6.42 Å². The summed E-state index contributed by atoms with van der Waals surface area (Å²) < 4.78 is 10.3. The second-order valence-electron chi connectivity index (χ2n) is 5.24. The molecule has 22 heavy (non-hydrogen) atoms. The van der Waals surface area contributed by atoms with Gasteiger partial charge in [-0.15, -0.1) is 0 Å². The van der Waals surface area contributed by atoms with E-state index in [-0.39, 0.29) is 11.8 Å². The SMILES string of the molecule is COCCC(=O)N1CC[C@@H](c2nc(-c3ccccn3)no2)C1.